The first-order chi connectivity index (χ1) is 10.4. The summed E-state index contributed by atoms with van der Waals surface area (Å²) in [6.45, 7) is 0. The van der Waals surface area contributed by atoms with Crippen molar-refractivity contribution in [3.8, 4) is 0 Å². The summed E-state index contributed by atoms with van der Waals surface area (Å²) in [5.74, 6) is 9.21. The Morgan fingerprint density at radius 3 is 2.05 bits per heavy atom. The van der Waals surface area contributed by atoms with Crippen LogP contribution in [0.1, 0.15) is 32.1 Å². The normalized spacial score (nSPS) is 55.9. The molecule has 6 atom stereocenters. The summed E-state index contributed by atoms with van der Waals surface area (Å²) < 4.78 is 0. The molecular formula is C20H25P. The summed E-state index contributed by atoms with van der Waals surface area (Å²) in [6.07, 6.45) is 8.11. The molecule has 1 aromatic rings. The lowest BCUT2D eigenvalue weighted by atomic mass is 9.36. The fourth-order valence-corrected chi connectivity index (χ4v) is 9.84. The van der Waals surface area contributed by atoms with Crippen LogP contribution in [0.25, 0.3) is 0 Å². The van der Waals surface area contributed by atoms with Crippen LogP contribution in [-0.4, -0.2) is 5.66 Å². The second-order valence-electron chi connectivity index (χ2n) is 8.74. The van der Waals surface area contributed by atoms with Gasteiger partial charge in [0, 0.05) is 0 Å². The molecule has 8 rings (SSSR count). The Morgan fingerprint density at radius 1 is 0.714 bits per heavy atom. The van der Waals surface area contributed by atoms with Gasteiger partial charge in [-0.1, -0.05) is 38.9 Å². The first-order valence-corrected chi connectivity index (χ1v) is 10.3. The van der Waals surface area contributed by atoms with Gasteiger partial charge in [0.1, 0.15) is 0 Å². The lowest BCUT2D eigenvalue weighted by Gasteiger charge is -2.72. The van der Waals surface area contributed by atoms with Crippen LogP contribution in [0, 0.1) is 47.3 Å². The van der Waals surface area contributed by atoms with Gasteiger partial charge < -0.3 is 0 Å². The van der Waals surface area contributed by atoms with Crippen molar-refractivity contribution in [1.82, 2.24) is 0 Å². The van der Waals surface area contributed by atoms with E-state index in [1.54, 1.807) is 37.4 Å². The van der Waals surface area contributed by atoms with Crippen molar-refractivity contribution in [2.45, 2.75) is 37.8 Å². The van der Waals surface area contributed by atoms with Gasteiger partial charge in [0.2, 0.25) is 0 Å². The SMILES string of the molecule is c1ccc(PC2C3CC4C5CC6CC4C2C(C6)C5C3)cc1. The Labute approximate surface area is 129 Å². The topological polar surface area (TPSA) is 0 Å². The molecule has 0 amide bonds. The Morgan fingerprint density at radius 2 is 1.33 bits per heavy atom. The Bertz CT molecular complexity index is 542. The highest BCUT2D eigenvalue weighted by Gasteiger charge is 2.66. The van der Waals surface area contributed by atoms with E-state index in [1.807, 2.05) is 0 Å². The third kappa shape index (κ3) is 1.51. The van der Waals surface area contributed by atoms with Crippen molar-refractivity contribution in [3.63, 3.8) is 0 Å². The van der Waals surface area contributed by atoms with Gasteiger partial charge in [0.15, 0.2) is 0 Å². The predicted molar refractivity (Wildman–Crippen MR) is 89.2 cm³/mol. The van der Waals surface area contributed by atoms with Crippen LogP contribution in [0.5, 0.6) is 0 Å². The lowest BCUT2D eigenvalue weighted by Crippen LogP contribution is -2.66. The first-order valence-electron chi connectivity index (χ1n) is 9.20. The van der Waals surface area contributed by atoms with Crippen molar-refractivity contribution >= 4 is 13.9 Å². The number of benzene rings is 1. The van der Waals surface area contributed by atoms with Crippen LogP contribution in [0.4, 0.5) is 0 Å². The number of hydrogen-bond donors (Lipinski definition) is 0. The predicted octanol–water partition coefficient (Wildman–Crippen LogP) is 4.31. The molecule has 0 spiro atoms. The largest absolute Gasteiger partial charge is 0.0866 e. The molecule has 0 N–H and O–H groups in total. The van der Waals surface area contributed by atoms with Crippen LogP contribution in [0.15, 0.2) is 30.3 Å². The molecule has 7 saturated carbocycles. The quantitative estimate of drug-likeness (QED) is 0.714. The van der Waals surface area contributed by atoms with Gasteiger partial charge in [0.25, 0.3) is 0 Å². The molecule has 0 radical (unpaired) electrons. The molecule has 6 unspecified atom stereocenters. The molecule has 1 heteroatoms. The summed E-state index contributed by atoms with van der Waals surface area (Å²) in [6, 6.07) is 11.4. The Kier molecular flexibility index (Phi) is 2.39. The van der Waals surface area contributed by atoms with E-state index in [0.29, 0.717) is 0 Å². The fraction of sp³-hybridized carbons (Fsp3) is 0.700. The van der Waals surface area contributed by atoms with E-state index in [2.05, 4.69) is 30.3 Å². The Balaban J connectivity index is 1.38. The van der Waals surface area contributed by atoms with Crippen LogP contribution in [0.3, 0.4) is 0 Å². The summed E-state index contributed by atoms with van der Waals surface area (Å²) in [7, 11) is 1.10. The van der Waals surface area contributed by atoms with Crippen molar-refractivity contribution in [1.29, 1.82) is 0 Å². The van der Waals surface area contributed by atoms with Crippen molar-refractivity contribution in [2.75, 3.05) is 0 Å². The average molecular weight is 296 g/mol. The van der Waals surface area contributed by atoms with E-state index < -0.39 is 0 Å². The molecule has 7 fully saturated rings. The molecule has 7 aliphatic rings. The number of hydrogen-bond acceptors (Lipinski definition) is 0. The smallest absolute Gasteiger partial charge is 0.0134 e. The van der Waals surface area contributed by atoms with E-state index >= 15 is 0 Å². The highest BCUT2D eigenvalue weighted by molar-refractivity contribution is 7.48. The van der Waals surface area contributed by atoms with E-state index in [0.717, 1.165) is 43.8 Å². The zero-order valence-corrected chi connectivity index (χ0v) is 13.6. The van der Waals surface area contributed by atoms with Crippen LogP contribution < -0.4 is 5.30 Å². The monoisotopic (exact) mass is 296 g/mol. The average Bonchev–Trinajstić information content (AvgIpc) is 2.53. The van der Waals surface area contributed by atoms with Gasteiger partial charge in [-0.25, -0.2) is 0 Å². The van der Waals surface area contributed by atoms with Crippen molar-refractivity contribution < 1.29 is 0 Å². The second kappa shape index (κ2) is 4.14. The van der Waals surface area contributed by atoms with Crippen molar-refractivity contribution in [3.05, 3.63) is 30.3 Å². The van der Waals surface area contributed by atoms with Gasteiger partial charge >= 0.3 is 0 Å². The van der Waals surface area contributed by atoms with Crippen LogP contribution in [0.2, 0.25) is 0 Å². The third-order valence-corrected chi connectivity index (χ3v) is 10.0. The minimum Gasteiger partial charge on any atom is -0.0866 e. The van der Waals surface area contributed by atoms with Crippen LogP contribution >= 0.6 is 8.58 Å². The minimum atomic E-state index is 1.06. The molecule has 1 aromatic carbocycles. The summed E-state index contributed by atoms with van der Waals surface area (Å²) >= 11 is 0. The summed E-state index contributed by atoms with van der Waals surface area (Å²) in [5.41, 5.74) is 1.06. The van der Waals surface area contributed by atoms with Crippen LogP contribution in [-0.2, 0) is 0 Å². The van der Waals surface area contributed by atoms with Gasteiger partial charge in [-0.2, -0.15) is 0 Å². The molecular weight excluding hydrogens is 271 g/mol. The molecule has 0 saturated heterocycles. The number of rotatable bonds is 2. The lowest BCUT2D eigenvalue weighted by molar-refractivity contribution is -0.199. The maximum absolute atomic E-state index is 2.39. The van der Waals surface area contributed by atoms with E-state index in [9.17, 15) is 0 Å². The maximum Gasteiger partial charge on any atom is -0.0134 e. The van der Waals surface area contributed by atoms with E-state index in [1.165, 1.54) is 17.8 Å². The molecule has 21 heavy (non-hydrogen) atoms. The minimum absolute atomic E-state index is 1.06. The molecule has 110 valence electrons. The van der Waals surface area contributed by atoms with Crippen molar-refractivity contribution in [2.24, 2.45) is 47.3 Å². The molecule has 0 heterocycles. The highest BCUT2D eigenvalue weighted by Crippen LogP contribution is 2.73. The molecule has 0 aliphatic heterocycles. The zero-order valence-electron chi connectivity index (χ0n) is 12.6. The summed E-state index contributed by atoms with van der Waals surface area (Å²) in [4.78, 5) is 0. The highest BCUT2D eigenvalue weighted by atomic mass is 31.1. The maximum atomic E-state index is 2.39. The molecule has 8 bridgehead atoms. The molecule has 0 aromatic heterocycles. The standard InChI is InChI=1S/C20H25P/c1-2-4-13(5-3-1)21-20-12-9-15-14-6-11-7-17(15)19(20)18(8-11)16(14)10-12/h1-5,11-12,14-21H,6-10H2. The van der Waals surface area contributed by atoms with Gasteiger partial charge in [-0.3, -0.25) is 0 Å². The second-order valence-corrected chi connectivity index (χ2v) is 10.3. The third-order valence-electron chi connectivity index (χ3n) is 8.18. The summed E-state index contributed by atoms with van der Waals surface area (Å²) in [5, 5.41) is 1.64. The molecule has 0 nitrogen and oxygen atoms in total. The van der Waals surface area contributed by atoms with Gasteiger partial charge in [0.05, 0.1) is 0 Å². The van der Waals surface area contributed by atoms with E-state index in [4.69, 9.17) is 0 Å². The Hall–Kier alpha value is -0.350. The van der Waals surface area contributed by atoms with Gasteiger partial charge in [-0.15, -0.1) is 0 Å². The molecule has 7 aliphatic carbocycles. The zero-order chi connectivity index (χ0) is 13.6. The van der Waals surface area contributed by atoms with Gasteiger partial charge in [-0.05, 0) is 90.4 Å². The fourth-order valence-electron chi connectivity index (χ4n) is 7.87. The first kappa shape index (κ1) is 12.1. The van der Waals surface area contributed by atoms with E-state index in [-0.39, 0.29) is 0 Å².